The molecule has 0 saturated heterocycles. The number of aliphatic hydroxyl groups excluding tert-OH is 4. The fraction of sp³-hybridized carbons (Fsp3) is 0.750. The molecule has 0 aliphatic rings. The lowest BCUT2D eigenvalue weighted by molar-refractivity contribution is 0.0134. The third kappa shape index (κ3) is 26.5. The molecule has 0 saturated carbocycles. The molecule has 2 aromatic rings. The number of hydrogen-bond donors (Lipinski definition) is 4. The van der Waals surface area contributed by atoms with Crippen molar-refractivity contribution in [1.29, 1.82) is 0 Å². The Morgan fingerprint density at radius 3 is 0.610 bits per heavy atom. The van der Waals surface area contributed by atoms with Crippen LogP contribution in [0.5, 0.6) is 11.5 Å². The second kappa shape index (κ2) is 31.4. The standard InChI is InChI=1S/C24H36N2O.4C6H14O2/c1-13-17(5)23(18(6)14(2)21(13)25(9)10)27-24-19(7)15(3)22(26(11)12)16(4)20(24)8;4*1-5(2)8-4-6(3)7/h1-12H3;4*5-7H,4H2,1-3H3. The highest BCUT2D eigenvalue weighted by Crippen LogP contribution is 2.43. The number of benzene rings is 2. The second-order valence-corrected chi connectivity index (χ2v) is 17.2. The summed E-state index contributed by atoms with van der Waals surface area (Å²) in [5.74, 6) is 2.00. The summed E-state index contributed by atoms with van der Waals surface area (Å²) in [7, 11) is 8.43. The third-order valence-corrected chi connectivity index (χ3v) is 8.81. The molecule has 0 bridgehead atoms. The molecule has 59 heavy (non-hydrogen) atoms. The zero-order valence-corrected chi connectivity index (χ0v) is 42.2. The lowest BCUT2D eigenvalue weighted by atomic mass is 9.95. The lowest BCUT2D eigenvalue weighted by Gasteiger charge is -2.28. The van der Waals surface area contributed by atoms with Crippen LogP contribution in [0.4, 0.5) is 11.4 Å². The molecule has 0 aliphatic carbocycles. The maximum absolute atomic E-state index is 8.68. The van der Waals surface area contributed by atoms with E-state index in [0.717, 1.165) is 11.5 Å². The number of anilines is 2. The van der Waals surface area contributed by atoms with E-state index in [1.54, 1.807) is 27.7 Å². The van der Waals surface area contributed by atoms with Crippen molar-refractivity contribution in [3.05, 3.63) is 44.5 Å². The maximum Gasteiger partial charge on any atom is 0.133 e. The van der Waals surface area contributed by atoms with Crippen LogP contribution >= 0.6 is 0 Å². The molecule has 348 valence electrons. The summed E-state index contributed by atoms with van der Waals surface area (Å²) < 4.78 is 26.9. The molecule has 4 N–H and O–H groups in total. The van der Waals surface area contributed by atoms with E-state index >= 15 is 0 Å². The van der Waals surface area contributed by atoms with Gasteiger partial charge in [0.1, 0.15) is 11.5 Å². The van der Waals surface area contributed by atoms with Gasteiger partial charge in [-0.25, -0.2) is 0 Å². The Morgan fingerprint density at radius 1 is 0.339 bits per heavy atom. The van der Waals surface area contributed by atoms with Gasteiger partial charge in [0.05, 0.1) is 75.3 Å². The van der Waals surface area contributed by atoms with E-state index in [0.29, 0.717) is 26.4 Å². The number of nitrogens with zero attached hydrogens (tertiary/aromatic N) is 2. The van der Waals surface area contributed by atoms with Crippen molar-refractivity contribution in [3.8, 4) is 11.5 Å². The monoisotopic (exact) mass is 841 g/mol. The topological polar surface area (TPSA) is 134 Å². The molecule has 0 amide bonds. The molecule has 11 nitrogen and oxygen atoms in total. The predicted molar refractivity (Wildman–Crippen MR) is 251 cm³/mol. The maximum atomic E-state index is 8.68. The van der Waals surface area contributed by atoms with Crippen LogP contribution in [0.3, 0.4) is 0 Å². The Kier molecular flexibility index (Phi) is 32.3. The zero-order valence-electron chi connectivity index (χ0n) is 42.2. The SMILES string of the molecule is CC(O)COC(C)C.CC(O)COC(C)C.CC(O)COC(C)C.CC(O)COC(C)C.Cc1c(C)c(N(C)C)c(C)c(C)c1Oc1c(C)c(C)c(N(C)C)c(C)c1C. The average Bonchev–Trinajstić information content (AvgIpc) is 3.10. The van der Waals surface area contributed by atoms with Crippen LogP contribution in [-0.2, 0) is 18.9 Å². The van der Waals surface area contributed by atoms with Crippen molar-refractivity contribution in [1.82, 2.24) is 0 Å². The Morgan fingerprint density at radius 2 is 0.508 bits per heavy atom. The normalized spacial score (nSPS) is 12.9. The molecular formula is C48H92N2O9. The molecule has 0 aliphatic heterocycles. The molecule has 0 fully saturated rings. The fourth-order valence-electron chi connectivity index (χ4n) is 5.59. The summed E-state index contributed by atoms with van der Waals surface area (Å²) in [6.07, 6.45) is -0.437. The largest absolute Gasteiger partial charge is 0.456 e. The summed E-state index contributed by atoms with van der Waals surface area (Å²) in [5, 5.41) is 34.7. The first-order valence-electron chi connectivity index (χ1n) is 21.3. The molecule has 11 heteroatoms. The van der Waals surface area contributed by atoms with Crippen LogP contribution in [0, 0.1) is 55.4 Å². The van der Waals surface area contributed by atoms with Gasteiger partial charge < -0.3 is 53.9 Å². The van der Waals surface area contributed by atoms with Crippen molar-refractivity contribution in [2.24, 2.45) is 0 Å². The summed E-state index contributed by atoms with van der Waals surface area (Å²) >= 11 is 0. The van der Waals surface area contributed by atoms with E-state index in [1.165, 1.54) is 55.9 Å². The van der Waals surface area contributed by atoms with Gasteiger partial charge in [-0.2, -0.15) is 0 Å². The summed E-state index contributed by atoms with van der Waals surface area (Å²) in [6.45, 7) is 41.6. The van der Waals surface area contributed by atoms with Gasteiger partial charge in [0.25, 0.3) is 0 Å². The Bertz CT molecular complexity index is 1190. The summed E-state index contributed by atoms with van der Waals surface area (Å²) in [5.41, 5.74) is 12.6. The van der Waals surface area contributed by atoms with E-state index in [4.69, 9.17) is 44.1 Å². The predicted octanol–water partition coefficient (Wildman–Crippen LogP) is 9.25. The van der Waals surface area contributed by atoms with Crippen LogP contribution in [0.25, 0.3) is 0 Å². The van der Waals surface area contributed by atoms with E-state index in [9.17, 15) is 0 Å². The van der Waals surface area contributed by atoms with E-state index in [1.807, 2.05) is 55.4 Å². The van der Waals surface area contributed by atoms with Crippen LogP contribution in [0.1, 0.15) is 128 Å². The Labute approximate surface area is 362 Å². The number of rotatable bonds is 16. The van der Waals surface area contributed by atoms with Crippen LogP contribution in [0.15, 0.2) is 0 Å². The minimum absolute atomic E-state index is 0.226. The van der Waals surface area contributed by atoms with E-state index in [-0.39, 0.29) is 48.8 Å². The van der Waals surface area contributed by atoms with Crippen LogP contribution in [-0.4, -0.2) is 124 Å². The number of ether oxygens (including phenoxy) is 5. The van der Waals surface area contributed by atoms with Gasteiger partial charge in [-0.05, 0) is 183 Å². The highest BCUT2D eigenvalue weighted by Gasteiger charge is 2.22. The molecule has 0 radical (unpaired) electrons. The lowest BCUT2D eigenvalue weighted by Crippen LogP contribution is -2.15. The van der Waals surface area contributed by atoms with Crippen molar-refractivity contribution < 1.29 is 44.1 Å². The Balaban J connectivity index is -0.000000797. The van der Waals surface area contributed by atoms with Crippen LogP contribution in [0.2, 0.25) is 0 Å². The van der Waals surface area contributed by atoms with Crippen molar-refractivity contribution >= 4 is 11.4 Å². The molecule has 2 aromatic carbocycles. The molecule has 0 aromatic heterocycles. The zero-order chi connectivity index (χ0) is 47.1. The van der Waals surface area contributed by atoms with Crippen molar-refractivity contribution in [3.63, 3.8) is 0 Å². The van der Waals surface area contributed by atoms with Crippen molar-refractivity contribution in [2.45, 2.75) is 187 Å². The first kappa shape index (κ1) is 60.8. The second-order valence-electron chi connectivity index (χ2n) is 17.2. The first-order valence-corrected chi connectivity index (χ1v) is 21.3. The summed E-state index contributed by atoms with van der Waals surface area (Å²) in [6, 6.07) is 0. The highest BCUT2D eigenvalue weighted by atomic mass is 16.5. The minimum atomic E-state index is -0.336. The van der Waals surface area contributed by atoms with Gasteiger partial charge in [-0.15, -0.1) is 0 Å². The quantitative estimate of drug-likeness (QED) is 0.129. The van der Waals surface area contributed by atoms with Crippen LogP contribution < -0.4 is 14.5 Å². The van der Waals surface area contributed by atoms with Gasteiger partial charge in [-0.1, -0.05) is 0 Å². The Hall–Kier alpha value is -2.48. The molecule has 0 heterocycles. The molecule has 2 rings (SSSR count). The summed E-state index contributed by atoms with van der Waals surface area (Å²) in [4.78, 5) is 4.40. The molecular weight excluding hydrogens is 749 g/mol. The molecule has 0 spiro atoms. The smallest absolute Gasteiger partial charge is 0.133 e. The highest BCUT2D eigenvalue weighted by molar-refractivity contribution is 5.71. The number of hydrogen-bond acceptors (Lipinski definition) is 11. The van der Waals surface area contributed by atoms with Crippen molar-refractivity contribution in [2.75, 3.05) is 64.4 Å². The fourth-order valence-corrected chi connectivity index (χ4v) is 5.59. The minimum Gasteiger partial charge on any atom is -0.456 e. The van der Waals surface area contributed by atoms with Gasteiger partial charge in [0, 0.05) is 39.6 Å². The van der Waals surface area contributed by atoms with Gasteiger partial charge in [-0.3, -0.25) is 0 Å². The number of aliphatic hydroxyl groups is 4. The van der Waals surface area contributed by atoms with Gasteiger partial charge in [0.2, 0.25) is 0 Å². The van der Waals surface area contributed by atoms with Gasteiger partial charge >= 0.3 is 0 Å². The molecule has 4 atom stereocenters. The molecule has 4 unspecified atom stereocenters. The average molecular weight is 841 g/mol. The van der Waals surface area contributed by atoms with E-state index < -0.39 is 0 Å². The first-order chi connectivity index (χ1) is 26.9. The third-order valence-electron chi connectivity index (χ3n) is 8.81. The van der Waals surface area contributed by atoms with Gasteiger partial charge in [0.15, 0.2) is 0 Å². The van der Waals surface area contributed by atoms with E-state index in [2.05, 4.69) is 93.4 Å².